The average Bonchev–Trinajstić information content (AvgIpc) is 2.21. The normalized spacial score (nSPS) is 11.7. The molecule has 1 atom stereocenters. The van der Waals surface area contributed by atoms with Crippen molar-refractivity contribution in [3.63, 3.8) is 0 Å². The minimum absolute atomic E-state index is 0.167. The molecule has 4 N–H and O–H groups in total. The Morgan fingerprint density at radius 2 is 2.12 bits per heavy atom. The summed E-state index contributed by atoms with van der Waals surface area (Å²) in [4.78, 5) is 21.8. The molecule has 1 aromatic rings. The smallest absolute Gasteiger partial charge is 0.318 e. The molecule has 0 aliphatic carbocycles. The number of urea groups is 1. The lowest BCUT2D eigenvalue weighted by Crippen LogP contribution is -2.43. The summed E-state index contributed by atoms with van der Waals surface area (Å²) in [7, 11) is 0. The molecule has 7 heteroatoms. The molecule has 0 bridgehead atoms. The SMILES string of the molecule is CC(Nc1ccc(Br)cc1F)C(=O)NC(N)=O. The van der Waals surface area contributed by atoms with Crippen LogP contribution in [-0.2, 0) is 4.79 Å². The van der Waals surface area contributed by atoms with Crippen molar-refractivity contribution in [2.24, 2.45) is 5.73 Å². The zero-order valence-electron chi connectivity index (χ0n) is 8.96. The number of benzene rings is 1. The number of carbonyl (C=O) groups is 2. The van der Waals surface area contributed by atoms with E-state index < -0.39 is 23.8 Å². The molecule has 0 radical (unpaired) electrons. The Morgan fingerprint density at radius 3 is 2.65 bits per heavy atom. The Bertz CT molecular complexity index is 453. The van der Waals surface area contributed by atoms with Crippen LogP contribution in [0.15, 0.2) is 22.7 Å². The van der Waals surface area contributed by atoms with E-state index in [1.54, 1.807) is 6.07 Å². The monoisotopic (exact) mass is 303 g/mol. The molecule has 92 valence electrons. The fourth-order valence-electron chi connectivity index (χ4n) is 1.14. The van der Waals surface area contributed by atoms with Gasteiger partial charge in [0.05, 0.1) is 5.69 Å². The van der Waals surface area contributed by atoms with Crippen molar-refractivity contribution >= 4 is 33.6 Å². The third-order valence-corrected chi connectivity index (χ3v) is 2.44. The van der Waals surface area contributed by atoms with Gasteiger partial charge in [-0.15, -0.1) is 0 Å². The van der Waals surface area contributed by atoms with Crippen LogP contribution in [0.1, 0.15) is 6.92 Å². The Morgan fingerprint density at radius 1 is 1.47 bits per heavy atom. The number of primary amides is 1. The van der Waals surface area contributed by atoms with Gasteiger partial charge in [0, 0.05) is 4.47 Å². The van der Waals surface area contributed by atoms with Gasteiger partial charge < -0.3 is 11.1 Å². The van der Waals surface area contributed by atoms with Gasteiger partial charge in [0.15, 0.2) is 0 Å². The predicted molar refractivity (Wildman–Crippen MR) is 64.9 cm³/mol. The maximum absolute atomic E-state index is 13.4. The minimum Gasteiger partial charge on any atom is -0.372 e. The topological polar surface area (TPSA) is 84.2 Å². The largest absolute Gasteiger partial charge is 0.372 e. The Balaban J connectivity index is 2.70. The number of carbonyl (C=O) groups excluding carboxylic acids is 2. The predicted octanol–water partition coefficient (Wildman–Crippen LogP) is 1.58. The lowest BCUT2D eigenvalue weighted by Gasteiger charge is -2.14. The van der Waals surface area contributed by atoms with E-state index in [0.29, 0.717) is 4.47 Å². The lowest BCUT2D eigenvalue weighted by molar-refractivity contribution is -0.120. The van der Waals surface area contributed by atoms with E-state index in [-0.39, 0.29) is 5.69 Å². The molecule has 0 fully saturated rings. The highest BCUT2D eigenvalue weighted by Crippen LogP contribution is 2.19. The minimum atomic E-state index is -0.945. The number of amides is 3. The number of imide groups is 1. The van der Waals surface area contributed by atoms with Gasteiger partial charge in [-0.1, -0.05) is 15.9 Å². The highest BCUT2D eigenvalue weighted by Gasteiger charge is 2.15. The first-order valence-corrected chi connectivity index (χ1v) is 5.51. The quantitative estimate of drug-likeness (QED) is 0.792. The molecule has 0 saturated carbocycles. The number of nitrogens with two attached hydrogens (primary N) is 1. The van der Waals surface area contributed by atoms with Crippen LogP contribution in [0.4, 0.5) is 14.9 Å². The second kappa shape index (κ2) is 5.62. The molecule has 17 heavy (non-hydrogen) atoms. The van der Waals surface area contributed by atoms with E-state index in [0.717, 1.165) is 0 Å². The maximum atomic E-state index is 13.4. The van der Waals surface area contributed by atoms with Gasteiger partial charge >= 0.3 is 6.03 Å². The number of anilines is 1. The Kier molecular flexibility index (Phi) is 4.45. The zero-order valence-corrected chi connectivity index (χ0v) is 10.5. The van der Waals surface area contributed by atoms with Crippen LogP contribution in [0.2, 0.25) is 0 Å². The van der Waals surface area contributed by atoms with Gasteiger partial charge in [0.1, 0.15) is 11.9 Å². The molecule has 5 nitrogen and oxygen atoms in total. The number of hydrogen-bond donors (Lipinski definition) is 3. The van der Waals surface area contributed by atoms with Crippen LogP contribution in [0.5, 0.6) is 0 Å². The fourth-order valence-corrected chi connectivity index (χ4v) is 1.47. The molecule has 0 saturated heterocycles. The van der Waals surface area contributed by atoms with E-state index in [1.165, 1.54) is 19.1 Å². The fraction of sp³-hybridized carbons (Fsp3) is 0.200. The molecular weight excluding hydrogens is 293 g/mol. The van der Waals surface area contributed by atoms with Gasteiger partial charge in [0.25, 0.3) is 0 Å². The van der Waals surface area contributed by atoms with Gasteiger partial charge in [-0.25, -0.2) is 9.18 Å². The molecule has 3 amide bonds. The van der Waals surface area contributed by atoms with Crippen LogP contribution in [-0.4, -0.2) is 18.0 Å². The van der Waals surface area contributed by atoms with Crippen LogP contribution < -0.4 is 16.4 Å². The van der Waals surface area contributed by atoms with Crippen LogP contribution >= 0.6 is 15.9 Å². The van der Waals surface area contributed by atoms with Crippen LogP contribution in [0, 0.1) is 5.82 Å². The number of halogens is 2. The van der Waals surface area contributed by atoms with E-state index in [1.807, 2.05) is 5.32 Å². The van der Waals surface area contributed by atoms with E-state index in [2.05, 4.69) is 21.2 Å². The van der Waals surface area contributed by atoms with Gasteiger partial charge in [0.2, 0.25) is 5.91 Å². The average molecular weight is 304 g/mol. The summed E-state index contributed by atoms with van der Waals surface area (Å²) in [5.74, 6) is -1.13. The third-order valence-electron chi connectivity index (χ3n) is 1.94. The summed E-state index contributed by atoms with van der Waals surface area (Å²) in [6.07, 6.45) is 0. The van der Waals surface area contributed by atoms with Gasteiger partial charge in [-0.2, -0.15) is 0 Å². The summed E-state index contributed by atoms with van der Waals surface area (Å²) in [6.45, 7) is 1.49. The third kappa shape index (κ3) is 4.03. The van der Waals surface area contributed by atoms with E-state index in [4.69, 9.17) is 5.73 Å². The second-order valence-corrected chi connectivity index (χ2v) is 4.26. The Labute approximate surface area is 106 Å². The van der Waals surface area contributed by atoms with Gasteiger partial charge in [-0.05, 0) is 25.1 Å². The highest BCUT2D eigenvalue weighted by atomic mass is 79.9. The van der Waals surface area contributed by atoms with E-state index >= 15 is 0 Å². The molecule has 0 aliphatic rings. The Hall–Kier alpha value is -1.63. The van der Waals surface area contributed by atoms with Crippen LogP contribution in [0.3, 0.4) is 0 Å². The highest BCUT2D eigenvalue weighted by molar-refractivity contribution is 9.10. The zero-order chi connectivity index (χ0) is 13.0. The second-order valence-electron chi connectivity index (χ2n) is 3.34. The van der Waals surface area contributed by atoms with Crippen molar-refractivity contribution in [3.8, 4) is 0 Å². The molecule has 0 aromatic heterocycles. The number of nitrogens with one attached hydrogen (secondary N) is 2. The van der Waals surface area contributed by atoms with Crippen molar-refractivity contribution in [3.05, 3.63) is 28.5 Å². The first-order valence-electron chi connectivity index (χ1n) is 4.72. The summed E-state index contributed by atoms with van der Waals surface area (Å²) in [5.41, 5.74) is 4.96. The molecule has 1 rings (SSSR count). The van der Waals surface area contributed by atoms with Crippen molar-refractivity contribution < 1.29 is 14.0 Å². The summed E-state index contributed by atoms with van der Waals surface area (Å²) in [6, 6.07) is 2.65. The summed E-state index contributed by atoms with van der Waals surface area (Å²) >= 11 is 3.12. The van der Waals surface area contributed by atoms with Crippen molar-refractivity contribution in [1.82, 2.24) is 5.32 Å². The molecule has 1 unspecified atom stereocenters. The molecular formula is C10H11BrFN3O2. The number of rotatable bonds is 3. The van der Waals surface area contributed by atoms with Crippen molar-refractivity contribution in [1.29, 1.82) is 0 Å². The standard InChI is InChI=1S/C10H11BrFN3O2/c1-5(9(16)15-10(13)17)14-8-3-2-6(11)4-7(8)12/h2-5,14H,1H3,(H3,13,15,16,17). The first-order chi connectivity index (χ1) is 7.90. The number of hydrogen-bond acceptors (Lipinski definition) is 3. The summed E-state index contributed by atoms with van der Waals surface area (Å²) in [5, 5.41) is 4.53. The maximum Gasteiger partial charge on any atom is 0.318 e. The molecule has 1 aromatic carbocycles. The van der Waals surface area contributed by atoms with Crippen molar-refractivity contribution in [2.75, 3.05) is 5.32 Å². The lowest BCUT2D eigenvalue weighted by atomic mass is 10.2. The van der Waals surface area contributed by atoms with E-state index in [9.17, 15) is 14.0 Å². The molecule has 0 heterocycles. The van der Waals surface area contributed by atoms with Gasteiger partial charge in [-0.3, -0.25) is 10.1 Å². The summed E-state index contributed by atoms with van der Waals surface area (Å²) < 4.78 is 14.0. The molecule has 0 spiro atoms. The first kappa shape index (κ1) is 13.4. The van der Waals surface area contributed by atoms with Crippen LogP contribution in [0.25, 0.3) is 0 Å². The van der Waals surface area contributed by atoms with Crippen molar-refractivity contribution in [2.45, 2.75) is 13.0 Å². The molecule has 0 aliphatic heterocycles.